The highest BCUT2D eigenvalue weighted by Crippen LogP contribution is 2.45. The van der Waals surface area contributed by atoms with Gasteiger partial charge in [-0.1, -0.05) is 51.4 Å². The third-order valence-electron chi connectivity index (χ3n) is 5.95. The van der Waals surface area contributed by atoms with E-state index in [0.29, 0.717) is 0 Å². The molecule has 0 saturated heterocycles. The van der Waals surface area contributed by atoms with Crippen LogP contribution in [0.25, 0.3) is 0 Å². The van der Waals surface area contributed by atoms with E-state index in [0.717, 1.165) is 23.7 Å². The van der Waals surface area contributed by atoms with Crippen LogP contribution in [0, 0.1) is 23.7 Å². The lowest BCUT2D eigenvalue weighted by Gasteiger charge is -2.40. The molecule has 3 rings (SSSR count). The van der Waals surface area contributed by atoms with Gasteiger partial charge in [0, 0.05) is 0 Å². The monoisotopic (exact) mass is 220 g/mol. The average molecular weight is 220 g/mol. The van der Waals surface area contributed by atoms with Gasteiger partial charge in [-0.3, -0.25) is 0 Å². The topological polar surface area (TPSA) is 0 Å². The van der Waals surface area contributed by atoms with Gasteiger partial charge in [0.25, 0.3) is 0 Å². The van der Waals surface area contributed by atoms with Crippen LogP contribution in [0.4, 0.5) is 0 Å². The zero-order valence-electron chi connectivity index (χ0n) is 10.8. The quantitative estimate of drug-likeness (QED) is 0.494. The van der Waals surface area contributed by atoms with E-state index in [9.17, 15) is 0 Å². The van der Waals surface area contributed by atoms with E-state index in [1.54, 1.807) is 77.0 Å². The van der Waals surface area contributed by atoms with E-state index in [1.165, 1.54) is 0 Å². The first kappa shape index (κ1) is 11.1. The summed E-state index contributed by atoms with van der Waals surface area (Å²) in [7, 11) is 0. The second-order valence-corrected chi connectivity index (χ2v) is 6.76. The van der Waals surface area contributed by atoms with Gasteiger partial charge >= 0.3 is 0 Å². The summed E-state index contributed by atoms with van der Waals surface area (Å²) in [6.45, 7) is 0. The minimum absolute atomic E-state index is 1.13. The molecule has 0 nitrogen and oxygen atoms in total. The van der Waals surface area contributed by atoms with Crippen LogP contribution >= 0.6 is 0 Å². The normalized spacial score (nSPS) is 45.0. The molecule has 92 valence electrons. The second-order valence-electron chi connectivity index (χ2n) is 6.76. The fraction of sp³-hybridized carbons (Fsp3) is 1.00. The molecular weight excluding hydrogens is 192 g/mol. The molecule has 0 heterocycles. The van der Waals surface area contributed by atoms with Gasteiger partial charge in [0.05, 0.1) is 0 Å². The van der Waals surface area contributed by atoms with Gasteiger partial charge in [0.2, 0.25) is 0 Å². The summed E-state index contributed by atoms with van der Waals surface area (Å²) in [6, 6.07) is 0. The summed E-state index contributed by atoms with van der Waals surface area (Å²) in [4.78, 5) is 0. The van der Waals surface area contributed by atoms with Gasteiger partial charge in [-0.05, 0) is 49.4 Å². The Kier molecular flexibility index (Phi) is 3.54. The Hall–Kier alpha value is 0. The first-order valence-electron chi connectivity index (χ1n) is 7.93. The van der Waals surface area contributed by atoms with E-state index in [2.05, 4.69) is 0 Å². The van der Waals surface area contributed by atoms with Crippen molar-refractivity contribution < 1.29 is 0 Å². The van der Waals surface area contributed by atoms with Crippen molar-refractivity contribution in [1.82, 2.24) is 0 Å². The molecule has 0 aromatic rings. The predicted molar refractivity (Wildman–Crippen MR) is 69.4 cm³/mol. The second kappa shape index (κ2) is 5.10. The molecule has 0 heteroatoms. The van der Waals surface area contributed by atoms with E-state index < -0.39 is 0 Å². The van der Waals surface area contributed by atoms with Gasteiger partial charge in [-0.2, -0.15) is 0 Å². The summed E-state index contributed by atoms with van der Waals surface area (Å²) in [6.07, 6.45) is 18.8. The lowest BCUT2D eigenvalue weighted by atomic mass is 9.66. The maximum Gasteiger partial charge on any atom is -0.0386 e. The number of fused-ring (bicyclic) bond motifs is 8. The first-order chi connectivity index (χ1) is 7.93. The average Bonchev–Trinajstić information content (AvgIpc) is 2.21. The molecule has 3 fully saturated rings. The van der Waals surface area contributed by atoms with Crippen LogP contribution in [-0.4, -0.2) is 0 Å². The highest BCUT2D eigenvalue weighted by atomic mass is 14.4. The molecule has 4 atom stereocenters. The molecule has 0 radical (unpaired) electrons. The van der Waals surface area contributed by atoms with Crippen LogP contribution in [-0.2, 0) is 0 Å². The maximum absolute atomic E-state index is 1.59. The molecular formula is C16H28. The van der Waals surface area contributed by atoms with Crippen molar-refractivity contribution in [2.45, 2.75) is 77.0 Å². The summed E-state index contributed by atoms with van der Waals surface area (Å²) in [5.74, 6) is 4.51. The Morgan fingerprint density at radius 1 is 0.312 bits per heavy atom. The van der Waals surface area contributed by atoms with Crippen LogP contribution in [0.2, 0.25) is 0 Å². The van der Waals surface area contributed by atoms with Gasteiger partial charge < -0.3 is 0 Å². The predicted octanol–water partition coefficient (Wildman–Crippen LogP) is 5.17. The zero-order valence-corrected chi connectivity index (χ0v) is 10.8. The minimum Gasteiger partial charge on any atom is -0.0530 e. The van der Waals surface area contributed by atoms with Crippen LogP contribution < -0.4 is 0 Å². The van der Waals surface area contributed by atoms with Gasteiger partial charge in [0.15, 0.2) is 0 Å². The zero-order chi connectivity index (χ0) is 10.8. The molecule has 0 N–H and O–H groups in total. The van der Waals surface area contributed by atoms with Gasteiger partial charge in [0.1, 0.15) is 0 Å². The molecule has 0 spiro atoms. The summed E-state index contributed by atoms with van der Waals surface area (Å²) < 4.78 is 0. The highest BCUT2D eigenvalue weighted by molar-refractivity contribution is 4.84. The lowest BCUT2D eigenvalue weighted by molar-refractivity contribution is 0.115. The van der Waals surface area contributed by atoms with Crippen molar-refractivity contribution >= 4 is 0 Å². The van der Waals surface area contributed by atoms with Crippen molar-refractivity contribution in [1.29, 1.82) is 0 Å². The third-order valence-corrected chi connectivity index (χ3v) is 5.95. The summed E-state index contributed by atoms with van der Waals surface area (Å²) in [5.41, 5.74) is 0. The van der Waals surface area contributed by atoms with Crippen LogP contribution in [0.15, 0.2) is 0 Å². The Morgan fingerprint density at radius 3 is 0.812 bits per heavy atom. The molecule has 4 unspecified atom stereocenters. The molecule has 16 heavy (non-hydrogen) atoms. The van der Waals surface area contributed by atoms with Crippen molar-refractivity contribution in [2.75, 3.05) is 0 Å². The Bertz CT molecular complexity index is 172. The largest absolute Gasteiger partial charge is 0.0530 e. The Balaban J connectivity index is 1.80. The fourth-order valence-corrected chi connectivity index (χ4v) is 4.95. The standard InChI is InChI=1S/C16H28/c1-2-6-14-10-9-13(5-1)15-7-3-4-8-16(14)12-11-15/h13-16H,1-12H2. The van der Waals surface area contributed by atoms with Crippen molar-refractivity contribution in [3.63, 3.8) is 0 Å². The molecule has 3 aliphatic rings. The van der Waals surface area contributed by atoms with E-state index in [4.69, 9.17) is 0 Å². The van der Waals surface area contributed by atoms with Crippen molar-refractivity contribution in [2.24, 2.45) is 23.7 Å². The molecule has 0 aliphatic heterocycles. The summed E-state index contributed by atoms with van der Waals surface area (Å²) >= 11 is 0. The smallest absolute Gasteiger partial charge is 0.0386 e. The van der Waals surface area contributed by atoms with Crippen LogP contribution in [0.1, 0.15) is 77.0 Å². The Labute approximate surface area is 101 Å². The molecule has 3 aliphatic carbocycles. The first-order valence-corrected chi connectivity index (χ1v) is 7.93. The lowest BCUT2D eigenvalue weighted by Crippen LogP contribution is -2.28. The number of hydrogen-bond donors (Lipinski definition) is 0. The van der Waals surface area contributed by atoms with Crippen LogP contribution in [0.3, 0.4) is 0 Å². The molecule has 0 aromatic carbocycles. The molecule has 3 saturated carbocycles. The molecule has 4 bridgehead atoms. The molecule has 0 aromatic heterocycles. The number of rotatable bonds is 0. The van der Waals surface area contributed by atoms with E-state index >= 15 is 0 Å². The van der Waals surface area contributed by atoms with Crippen molar-refractivity contribution in [3.8, 4) is 0 Å². The number of hydrogen-bond acceptors (Lipinski definition) is 0. The SMILES string of the molecule is C1CCC2CCC(C1)C1CCCCC2CC1. The maximum atomic E-state index is 1.59. The van der Waals surface area contributed by atoms with E-state index in [-0.39, 0.29) is 0 Å². The van der Waals surface area contributed by atoms with Gasteiger partial charge in [-0.15, -0.1) is 0 Å². The van der Waals surface area contributed by atoms with Crippen LogP contribution in [0.5, 0.6) is 0 Å². The van der Waals surface area contributed by atoms with Crippen molar-refractivity contribution in [3.05, 3.63) is 0 Å². The van der Waals surface area contributed by atoms with E-state index in [1.807, 2.05) is 0 Å². The molecule has 0 amide bonds. The minimum atomic E-state index is 1.13. The summed E-state index contributed by atoms with van der Waals surface area (Å²) in [5, 5.41) is 0. The third kappa shape index (κ3) is 2.31. The van der Waals surface area contributed by atoms with Gasteiger partial charge in [-0.25, -0.2) is 0 Å². The highest BCUT2D eigenvalue weighted by Gasteiger charge is 2.32. The fourth-order valence-electron chi connectivity index (χ4n) is 4.95. The Morgan fingerprint density at radius 2 is 0.562 bits per heavy atom.